The van der Waals surface area contributed by atoms with Crippen LogP contribution in [-0.2, 0) is 16.1 Å². The van der Waals surface area contributed by atoms with Gasteiger partial charge in [0.15, 0.2) is 0 Å². The molecule has 5 heteroatoms. The maximum Gasteiger partial charge on any atom is 0.238 e. The number of nitriles is 1. The molecule has 1 aliphatic rings. The van der Waals surface area contributed by atoms with E-state index in [2.05, 4.69) is 46.6 Å². The molecule has 0 spiro atoms. The van der Waals surface area contributed by atoms with Crippen LogP contribution < -0.4 is 5.32 Å². The van der Waals surface area contributed by atoms with E-state index in [1.807, 2.05) is 32.9 Å². The monoisotopic (exact) mass is 379 g/mol. The van der Waals surface area contributed by atoms with Crippen LogP contribution in [0.5, 0.6) is 0 Å². The van der Waals surface area contributed by atoms with E-state index >= 15 is 0 Å². The number of carbonyl (C=O) groups is 1. The van der Waals surface area contributed by atoms with Crippen molar-refractivity contribution < 1.29 is 9.53 Å². The second kappa shape index (κ2) is 8.30. The number of fused-ring (bicyclic) bond motifs is 1. The van der Waals surface area contributed by atoms with Gasteiger partial charge in [-0.05, 0) is 36.1 Å². The van der Waals surface area contributed by atoms with Gasteiger partial charge in [0.2, 0.25) is 5.91 Å². The summed E-state index contributed by atoms with van der Waals surface area (Å²) in [5.74, 6) is -0.0629. The third kappa shape index (κ3) is 4.19. The van der Waals surface area contributed by atoms with Gasteiger partial charge in [-0.2, -0.15) is 5.26 Å². The second-order valence-electron chi connectivity index (χ2n) is 8.16. The summed E-state index contributed by atoms with van der Waals surface area (Å²) in [6, 6.07) is 16.5. The number of likely N-dealkylation sites (tertiary alicyclic amines) is 1. The Morgan fingerprint density at radius 2 is 1.93 bits per heavy atom. The van der Waals surface area contributed by atoms with Crippen LogP contribution in [0, 0.1) is 17.2 Å². The van der Waals surface area contributed by atoms with Crippen LogP contribution in [0.1, 0.15) is 33.3 Å². The number of hydrogen-bond donors (Lipinski definition) is 1. The summed E-state index contributed by atoms with van der Waals surface area (Å²) in [6.45, 7) is 9.56. The van der Waals surface area contributed by atoms with E-state index in [1.165, 1.54) is 16.3 Å². The zero-order valence-corrected chi connectivity index (χ0v) is 17.1. The number of nitrogens with one attached hydrogen (secondary N) is 1. The molecule has 1 heterocycles. The molecule has 0 aliphatic carbocycles. The van der Waals surface area contributed by atoms with Crippen molar-refractivity contribution >= 4 is 16.7 Å². The molecule has 3 rings (SSSR count). The lowest BCUT2D eigenvalue weighted by Crippen LogP contribution is -2.62. The van der Waals surface area contributed by atoms with Crippen LogP contribution in [0.25, 0.3) is 10.8 Å². The van der Waals surface area contributed by atoms with Gasteiger partial charge in [-0.25, -0.2) is 0 Å². The Labute approximate surface area is 167 Å². The lowest BCUT2D eigenvalue weighted by atomic mass is 9.89. The number of nitrogens with zero attached hydrogens (tertiary/aromatic N) is 2. The number of ether oxygens (including phenoxy) is 1. The topological polar surface area (TPSA) is 65.4 Å². The summed E-state index contributed by atoms with van der Waals surface area (Å²) in [6.07, 6.45) is 0.127. The van der Waals surface area contributed by atoms with E-state index in [4.69, 9.17) is 4.74 Å². The first-order valence-electron chi connectivity index (χ1n) is 9.89. The fourth-order valence-electron chi connectivity index (χ4n) is 3.34. The normalized spacial score (nSPS) is 18.3. The van der Waals surface area contributed by atoms with Gasteiger partial charge in [0, 0.05) is 13.1 Å². The molecule has 0 unspecified atom stereocenters. The van der Waals surface area contributed by atoms with Gasteiger partial charge in [-0.3, -0.25) is 9.69 Å². The Balaban J connectivity index is 1.50. The van der Waals surface area contributed by atoms with Crippen molar-refractivity contribution in [2.75, 3.05) is 13.1 Å². The number of hydrogen-bond acceptors (Lipinski definition) is 4. The summed E-state index contributed by atoms with van der Waals surface area (Å²) in [5.41, 5.74) is 0.338. The average molecular weight is 380 g/mol. The van der Waals surface area contributed by atoms with Crippen molar-refractivity contribution in [2.24, 2.45) is 5.92 Å². The summed E-state index contributed by atoms with van der Waals surface area (Å²) in [7, 11) is 0. The number of carbonyl (C=O) groups excluding carboxylic acids is 1. The fraction of sp³-hybridized carbons (Fsp3) is 0.478. The highest BCUT2D eigenvalue weighted by Gasteiger charge is 2.37. The maximum atomic E-state index is 12.5. The third-order valence-electron chi connectivity index (χ3n) is 5.93. The van der Waals surface area contributed by atoms with Crippen molar-refractivity contribution in [3.63, 3.8) is 0 Å². The number of benzene rings is 2. The summed E-state index contributed by atoms with van der Waals surface area (Å²) >= 11 is 0. The standard InChI is InChI=1S/C23H29N3O2/c1-16(2)23(4,15-24)25-22(27)17(3)26-12-20(13-26)28-14-19-10-7-9-18-8-5-6-11-21(18)19/h5-11,16-17,20H,12-14H2,1-4H3,(H,25,27)/t17-,23-/m1/s1. The molecule has 1 N–H and O–H groups in total. The molecule has 1 amide bonds. The molecular formula is C23H29N3O2. The smallest absolute Gasteiger partial charge is 0.238 e. The van der Waals surface area contributed by atoms with Gasteiger partial charge in [-0.1, -0.05) is 56.3 Å². The second-order valence-corrected chi connectivity index (χ2v) is 8.16. The van der Waals surface area contributed by atoms with Gasteiger partial charge in [-0.15, -0.1) is 0 Å². The number of amides is 1. The molecule has 1 fully saturated rings. The van der Waals surface area contributed by atoms with Gasteiger partial charge in [0.1, 0.15) is 5.54 Å². The van der Waals surface area contributed by atoms with Gasteiger partial charge in [0.25, 0.3) is 0 Å². The van der Waals surface area contributed by atoms with E-state index in [1.54, 1.807) is 6.92 Å². The van der Waals surface area contributed by atoms with E-state index in [-0.39, 0.29) is 24.0 Å². The van der Waals surface area contributed by atoms with Gasteiger partial charge >= 0.3 is 0 Å². The molecule has 0 saturated carbocycles. The molecule has 2 aromatic carbocycles. The van der Waals surface area contributed by atoms with E-state index in [9.17, 15) is 10.1 Å². The highest BCUT2D eigenvalue weighted by molar-refractivity contribution is 5.85. The molecule has 148 valence electrons. The van der Waals surface area contributed by atoms with Crippen LogP contribution in [0.4, 0.5) is 0 Å². The van der Waals surface area contributed by atoms with Gasteiger partial charge < -0.3 is 10.1 Å². The van der Waals surface area contributed by atoms with Crippen LogP contribution in [0.2, 0.25) is 0 Å². The van der Waals surface area contributed by atoms with E-state index in [0.29, 0.717) is 6.61 Å². The molecule has 2 atom stereocenters. The SMILES string of the molecule is CC(C)[C@@](C)(C#N)NC(=O)[C@@H](C)N1CC(OCc2cccc3ccccc23)C1. The summed E-state index contributed by atoms with van der Waals surface area (Å²) in [4.78, 5) is 14.6. The van der Waals surface area contributed by atoms with Crippen molar-refractivity contribution in [1.29, 1.82) is 5.26 Å². The summed E-state index contributed by atoms with van der Waals surface area (Å²) in [5, 5.41) is 14.7. The van der Waals surface area contributed by atoms with E-state index in [0.717, 1.165) is 13.1 Å². The Hall–Kier alpha value is -2.42. The molecule has 1 saturated heterocycles. The predicted octanol–water partition coefficient (Wildman–Crippen LogP) is 3.48. The van der Waals surface area contributed by atoms with E-state index < -0.39 is 5.54 Å². The zero-order valence-electron chi connectivity index (χ0n) is 17.1. The maximum absolute atomic E-state index is 12.5. The predicted molar refractivity (Wildman–Crippen MR) is 111 cm³/mol. The van der Waals surface area contributed by atoms with Crippen molar-refractivity contribution in [1.82, 2.24) is 10.2 Å². The Bertz CT molecular complexity index is 878. The van der Waals surface area contributed by atoms with Crippen LogP contribution in [0.3, 0.4) is 0 Å². The molecular weight excluding hydrogens is 350 g/mol. The average Bonchev–Trinajstić information content (AvgIpc) is 2.66. The molecule has 5 nitrogen and oxygen atoms in total. The van der Waals surface area contributed by atoms with Crippen LogP contribution in [0.15, 0.2) is 42.5 Å². The minimum absolute atomic E-state index is 0.0433. The van der Waals surface area contributed by atoms with Crippen LogP contribution >= 0.6 is 0 Å². The fourth-order valence-corrected chi connectivity index (χ4v) is 3.34. The van der Waals surface area contributed by atoms with Crippen LogP contribution in [-0.4, -0.2) is 41.6 Å². The van der Waals surface area contributed by atoms with Crippen molar-refractivity contribution in [3.05, 3.63) is 48.0 Å². The summed E-state index contributed by atoms with van der Waals surface area (Å²) < 4.78 is 6.07. The van der Waals surface area contributed by atoms with Crippen molar-refractivity contribution in [3.8, 4) is 6.07 Å². The Morgan fingerprint density at radius 3 is 2.61 bits per heavy atom. The Morgan fingerprint density at radius 1 is 1.25 bits per heavy atom. The largest absolute Gasteiger partial charge is 0.371 e. The lowest BCUT2D eigenvalue weighted by molar-refractivity contribution is -0.135. The molecule has 2 aromatic rings. The molecule has 28 heavy (non-hydrogen) atoms. The third-order valence-corrected chi connectivity index (χ3v) is 5.93. The zero-order chi connectivity index (χ0) is 20.3. The first kappa shape index (κ1) is 20.3. The quantitative estimate of drug-likeness (QED) is 0.800. The minimum Gasteiger partial charge on any atom is -0.371 e. The molecule has 0 aromatic heterocycles. The van der Waals surface area contributed by atoms with Gasteiger partial charge in [0.05, 0.1) is 24.8 Å². The first-order valence-corrected chi connectivity index (χ1v) is 9.89. The lowest BCUT2D eigenvalue weighted by Gasteiger charge is -2.43. The number of rotatable bonds is 7. The molecule has 0 radical (unpaired) electrons. The minimum atomic E-state index is -0.847. The molecule has 1 aliphatic heterocycles. The molecule has 0 bridgehead atoms. The highest BCUT2D eigenvalue weighted by atomic mass is 16.5. The van der Waals surface area contributed by atoms with Crippen molar-refractivity contribution in [2.45, 2.75) is 52.0 Å². The highest BCUT2D eigenvalue weighted by Crippen LogP contribution is 2.23. The Kier molecular flexibility index (Phi) is 6.02. The first-order chi connectivity index (χ1) is 13.3.